The number of aliphatic hydroxyl groups excluding tert-OH is 1. The summed E-state index contributed by atoms with van der Waals surface area (Å²) in [6, 6.07) is -1.08. The van der Waals surface area contributed by atoms with Crippen molar-refractivity contribution >= 4 is 16.0 Å². The number of nitrogens with one attached hydrogen (secondary N) is 1. The fraction of sp³-hybridized carbons (Fsp3) is 0.775. The molecule has 1 amide bonds. The van der Waals surface area contributed by atoms with Crippen LogP contribution in [-0.4, -0.2) is 41.9 Å². The maximum absolute atomic E-state index is 12.4. The summed E-state index contributed by atoms with van der Waals surface area (Å²) in [7, 11) is -4.35. The molecule has 0 aromatic carbocycles. The maximum Gasteiger partial charge on any atom is 0.267 e. The van der Waals surface area contributed by atoms with Crippen LogP contribution in [0.5, 0.6) is 0 Å². The average Bonchev–Trinajstić information content (AvgIpc) is 3.03. The van der Waals surface area contributed by atoms with E-state index in [9.17, 15) is 22.9 Å². The third-order valence-electron chi connectivity index (χ3n) is 8.55. The molecule has 0 heterocycles. The van der Waals surface area contributed by atoms with Crippen molar-refractivity contribution in [1.29, 1.82) is 0 Å². The number of unbranched alkanes of at least 4 members (excludes halogenated alkanes) is 21. The molecule has 0 fully saturated rings. The van der Waals surface area contributed by atoms with E-state index in [4.69, 9.17) is 0 Å². The molecule has 3 N–H and O–H groups in total. The minimum absolute atomic E-state index is 0.283. The Hall–Kier alpha value is -1.70. The molecule has 0 aliphatic heterocycles. The monoisotopic (exact) mass is 680 g/mol. The molecular formula is C40H73NO5S. The van der Waals surface area contributed by atoms with Gasteiger partial charge in [0.1, 0.15) is 0 Å². The predicted octanol–water partition coefficient (Wildman–Crippen LogP) is 11.1. The van der Waals surface area contributed by atoms with Gasteiger partial charge in [0.15, 0.2) is 0 Å². The van der Waals surface area contributed by atoms with Gasteiger partial charge in [-0.2, -0.15) is 8.42 Å². The molecule has 0 spiro atoms. The van der Waals surface area contributed by atoms with Crippen LogP contribution in [0, 0.1) is 0 Å². The zero-order valence-corrected chi connectivity index (χ0v) is 31.2. The smallest absolute Gasteiger partial charge is 0.267 e. The molecule has 0 rings (SSSR count). The minimum Gasteiger partial charge on any atom is -0.387 e. The summed E-state index contributed by atoms with van der Waals surface area (Å²) >= 11 is 0. The van der Waals surface area contributed by atoms with E-state index >= 15 is 0 Å². The quantitative estimate of drug-likeness (QED) is 0.0357. The highest BCUT2D eigenvalue weighted by atomic mass is 32.2. The number of allylic oxidation sites excluding steroid dienone is 7. The summed E-state index contributed by atoms with van der Waals surface area (Å²) in [5, 5.41) is 13.1. The lowest BCUT2D eigenvalue weighted by atomic mass is 10.0. The van der Waals surface area contributed by atoms with Gasteiger partial charge >= 0.3 is 0 Å². The Bertz CT molecular complexity index is 925. The second-order valence-corrected chi connectivity index (χ2v) is 14.7. The van der Waals surface area contributed by atoms with Crippen LogP contribution in [0.25, 0.3) is 0 Å². The number of aliphatic hydroxyl groups is 1. The molecule has 0 aliphatic carbocycles. The molecule has 0 aliphatic rings. The molecule has 7 heteroatoms. The topological polar surface area (TPSA) is 104 Å². The Kier molecular flexibility index (Phi) is 32.9. The molecule has 2 atom stereocenters. The molecule has 0 saturated carbocycles. The largest absolute Gasteiger partial charge is 0.387 e. The summed E-state index contributed by atoms with van der Waals surface area (Å²) in [6.07, 6.45) is 45.6. The van der Waals surface area contributed by atoms with Gasteiger partial charge in [-0.3, -0.25) is 9.35 Å². The van der Waals surface area contributed by atoms with E-state index in [2.05, 4.69) is 42.6 Å². The number of carbonyl (C=O) groups is 1. The van der Waals surface area contributed by atoms with Gasteiger partial charge in [0.25, 0.3) is 10.1 Å². The Morgan fingerprint density at radius 1 is 0.596 bits per heavy atom. The van der Waals surface area contributed by atoms with E-state index in [0.717, 1.165) is 38.5 Å². The first-order chi connectivity index (χ1) is 22.8. The van der Waals surface area contributed by atoms with Gasteiger partial charge in [-0.05, 0) is 64.7 Å². The fourth-order valence-electron chi connectivity index (χ4n) is 5.66. The van der Waals surface area contributed by atoms with Gasteiger partial charge < -0.3 is 10.4 Å². The third kappa shape index (κ3) is 35.4. The van der Waals surface area contributed by atoms with Gasteiger partial charge in [0, 0.05) is 6.42 Å². The van der Waals surface area contributed by atoms with Gasteiger partial charge in [-0.1, -0.05) is 158 Å². The normalized spacial score (nSPS) is 13.9. The van der Waals surface area contributed by atoms with Crippen molar-refractivity contribution in [2.45, 2.75) is 193 Å². The summed E-state index contributed by atoms with van der Waals surface area (Å²) < 4.78 is 32.3. The van der Waals surface area contributed by atoms with Crippen LogP contribution >= 0.6 is 0 Å². The predicted molar refractivity (Wildman–Crippen MR) is 202 cm³/mol. The summed E-state index contributed by atoms with van der Waals surface area (Å²) in [5.74, 6) is -1.01. The van der Waals surface area contributed by atoms with Crippen LogP contribution < -0.4 is 5.32 Å². The van der Waals surface area contributed by atoms with Crippen molar-refractivity contribution in [1.82, 2.24) is 5.32 Å². The SMILES string of the molecule is C/C=C/CC/C=C/CC/C=C/C(O)C(CS(=O)(=O)O)NC(=O)CCCCCCCCCCCCC/C=C\CCCCCCCCCC. The van der Waals surface area contributed by atoms with Crippen LogP contribution in [0.2, 0.25) is 0 Å². The van der Waals surface area contributed by atoms with E-state index in [-0.39, 0.29) is 12.3 Å². The molecule has 47 heavy (non-hydrogen) atoms. The molecule has 0 saturated heterocycles. The number of hydrogen-bond acceptors (Lipinski definition) is 4. The number of hydrogen-bond donors (Lipinski definition) is 3. The Labute approximate surface area is 290 Å². The highest BCUT2D eigenvalue weighted by Gasteiger charge is 2.24. The minimum atomic E-state index is -4.35. The van der Waals surface area contributed by atoms with Crippen LogP contribution in [-0.2, 0) is 14.9 Å². The van der Waals surface area contributed by atoms with E-state index in [1.807, 2.05) is 13.0 Å². The molecular weight excluding hydrogens is 607 g/mol. The van der Waals surface area contributed by atoms with Crippen molar-refractivity contribution < 1.29 is 22.9 Å². The molecule has 6 nitrogen and oxygen atoms in total. The van der Waals surface area contributed by atoms with E-state index in [1.54, 1.807) is 6.08 Å². The first-order valence-corrected chi connectivity index (χ1v) is 20.9. The Balaban J connectivity index is 3.82. The average molecular weight is 680 g/mol. The summed E-state index contributed by atoms with van der Waals surface area (Å²) in [5.41, 5.74) is 0. The summed E-state index contributed by atoms with van der Waals surface area (Å²) in [6.45, 7) is 4.27. The molecule has 2 unspecified atom stereocenters. The zero-order chi connectivity index (χ0) is 34.7. The second kappa shape index (κ2) is 34.2. The molecule has 0 aromatic rings. The highest BCUT2D eigenvalue weighted by Crippen LogP contribution is 2.14. The zero-order valence-electron chi connectivity index (χ0n) is 30.4. The van der Waals surface area contributed by atoms with Crippen molar-refractivity contribution in [3.63, 3.8) is 0 Å². The fourth-order valence-corrected chi connectivity index (χ4v) is 6.39. The van der Waals surface area contributed by atoms with Crippen molar-refractivity contribution in [3.8, 4) is 0 Å². The molecule has 0 radical (unpaired) electrons. The third-order valence-corrected chi connectivity index (χ3v) is 9.33. The molecule has 274 valence electrons. The van der Waals surface area contributed by atoms with Crippen molar-refractivity contribution in [2.24, 2.45) is 0 Å². The molecule has 0 aromatic heterocycles. The lowest BCUT2D eigenvalue weighted by Gasteiger charge is -2.21. The number of carbonyl (C=O) groups excluding carboxylic acids is 1. The second-order valence-electron chi connectivity index (χ2n) is 13.2. The van der Waals surface area contributed by atoms with Crippen molar-refractivity contribution in [2.75, 3.05) is 5.75 Å². The van der Waals surface area contributed by atoms with Crippen LogP contribution in [0.15, 0.2) is 48.6 Å². The van der Waals surface area contributed by atoms with Gasteiger partial charge in [0.05, 0.1) is 17.9 Å². The maximum atomic E-state index is 12.4. The first-order valence-electron chi connectivity index (χ1n) is 19.3. The van der Waals surface area contributed by atoms with E-state index in [0.29, 0.717) is 6.42 Å². The number of amides is 1. The lowest BCUT2D eigenvalue weighted by molar-refractivity contribution is -0.122. The Morgan fingerprint density at radius 2 is 1.00 bits per heavy atom. The Morgan fingerprint density at radius 3 is 1.47 bits per heavy atom. The highest BCUT2D eigenvalue weighted by molar-refractivity contribution is 7.85. The van der Waals surface area contributed by atoms with Crippen LogP contribution in [0.4, 0.5) is 0 Å². The summed E-state index contributed by atoms with van der Waals surface area (Å²) in [4.78, 5) is 12.4. The number of rotatable bonds is 34. The van der Waals surface area contributed by atoms with Crippen LogP contribution in [0.3, 0.4) is 0 Å². The lowest BCUT2D eigenvalue weighted by Crippen LogP contribution is -2.46. The van der Waals surface area contributed by atoms with E-state index < -0.39 is 28.0 Å². The van der Waals surface area contributed by atoms with Gasteiger partial charge in [-0.15, -0.1) is 0 Å². The van der Waals surface area contributed by atoms with Crippen LogP contribution in [0.1, 0.15) is 181 Å². The molecule has 0 bridgehead atoms. The van der Waals surface area contributed by atoms with E-state index in [1.165, 1.54) is 122 Å². The van der Waals surface area contributed by atoms with Crippen molar-refractivity contribution in [3.05, 3.63) is 48.6 Å². The van der Waals surface area contributed by atoms with Gasteiger partial charge in [-0.25, -0.2) is 0 Å². The van der Waals surface area contributed by atoms with Gasteiger partial charge in [0.2, 0.25) is 5.91 Å². The first kappa shape index (κ1) is 45.3. The standard InChI is InChI=1S/C40H73NO5S/c1-3-5-7-9-11-13-14-15-16-17-18-19-20-21-22-23-24-25-26-28-30-32-34-36-40(43)41-38(37-47(44,45)46)39(42)35-33-31-29-27-12-10-8-6-4-2/h4,6,12,17-18,27,33,35,38-39,42H,3,5,7-11,13-16,19-26,28-32,34,36-37H2,1-2H3,(H,41,43)(H,44,45,46)/b6-4+,18-17-,27-12+,35-33+.